The Morgan fingerprint density at radius 3 is 2.53 bits per heavy atom. The summed E-state index contributed by atoms with van der Waals surface area (Å²) in [5, 5.41) is 0. The Morgan fingerprint density at radius 2 is 2.00 bits per heavy atom. The summed E-state index contributed by atoms with van der Waals surface area (Å²) in [5.74, 6) is 0.908. The first kappa shape index (κ1) is 15.3. The molecule has 2 aliphatic heterocycles. The van der Waals surface area contributed by atoms with Gasteiger partial charge in [0.05, 0.1) is 0 Å². The van der Waals surface area contributed by atoms with Gasteiger partial charge in [-0.25, -0.2) is 0 Å². The van der Waals surface area contributed by atoms with Crippen LogP contribution < -0.4 is 0 Å². The Morgan fingerprint density at radius 1 is 1.37 bits per heavy atom. The number of alkyl halides is 1. The summed E-state index contributed by atoms with van der Waals surface area (Å²) in [5.41, 5.74) is -1.01. The Kier molecular flexibility index (Phi) is 4.02. The molecule has 108 valence electrons. The number of amides is 1. The summed E-state index contributed by atoms with van der Waals surface area (Å²) >= 11 is 2.34. The third-order valence-corrected chi connectivity index (χ3v) is 5.56. The molecule has 0 aromatic rings. The van der Waals surface area contributed by atoms with E-state index in [-0.39, 0.29) is 11.9 Å². The minimum absolute atomic E-state index is 0.185. The van der Waals surface area contributed by atoms with Crippen molar-refractivity contribution in [2.75, 3.05) is 4.43 Å². The molecule has 2 atom stereocenters. The van der Waals surface area contributed by atoms with E-state index in [1.54, 1.807) is 0 Å². The van der Waals surface area contributed by atoms with Crippen molar-refractivity contribution < 1.29 is 9.59 Å². The van der Waals surface area contributed by atoms with Gasteiger partial charge in [0.15, 0.2) is 5.78 Å². The highest BCUT2D eigenvalue weighted by Crippen LogP contribution is 2.49. The molecule has 2 heterocycles. The third kappa shape index (κ3) is 2.34. The first-order valence-corrected chi connectivity index (χ1v) is 8.70. The van der Waals surface area contributed by atoms with E-state index in [0.29, 0.717) is 18.1 Å². The predicted molar refractivity (Wildman–Crippen MR) is 84.3 cm³/mol. The van der Waals surface area contributed by atoms with Crippen LogP contribution in [0.4, 0.5) is 0 Å². The maximum absolute atomic E-state index is 13.0. The van der Waals surface area contributed by atoms with Gasteiger partial charge < -0.3 is 4.90 Å². The molecule has 2 rings (SSSR count). The second-order valence-corrected chi connectivity index (χ2v) is 8.01. The van der Waals surface area contributed by atoms with E-state index in [2.05, 4.69) is 36.4 Å². The van der Waals surface area contributed by atoms with Crippen molar-refractivity contribution in [1.29, 1.82) is 0 Å². The average Bonchev–Trinajstić information content (AvgIpc) is 2.65. The maximum atomic E-state index is 13.0. The average molecular weight is 377 g/mol. The highest BCUT2D eigenvalue weighted by Gasteiger charge is 2.60. The summed E-state index contributed by atoms with van der Waals surface area (Å²) in [6, 6.07) is 0.256. The fourth-order valence-electron chi connectivity index (χ4n) is 3.96. The number of piperidine rings is 1. The molecule has 2 fully saturated rings. The second-order valence-electron chi connectivity index (χ2n) is 7.13. The highest BCUT2D eigenvalue weighted by molar-refractivity contribution is 14.1. The SMILES string of the molecule is CC(C)C[C@]12CC[C@@H](CI)N1C(=O)CC(C)(C)C2=O. The van der Waals surface area contributed by atoms with Crippen LogP contribution in [0, 0.1) is 11.3 Å². The molecule has 2 aliphatic rings. The lowest BCUT2D eigenvalue weighted by molar-refractivity contribution is -0.162. The first-order chi connectivity index (χ1) is 8.74. The van der Waals surface area contributed by atoms with Gasteiger partial charge in [0.1, 0.15) is 5.54 Å². The molecular formula is C15H24INO2. The monoisotopic (exact) mass is 377 g/mol. The summed E-state index contributed by atoms with van der Waals surface area (Å²) in [6.45, 7) is 8.15. The van der Waals surface area contributed by atoms with Crippen LogP contribution >= 0.6 is 22.6 Å². The number of rotatable bonds is 3. The smallest absolute Gasteiger partial charge is 0.224 e. The highest BCUT2D eigenvalue weighted by atomic mass is 127. The van der Waals surface area contributed by atoms with Gasteiger partial charge >= 0.3 is 0 Å². The molecule has 2 saturated heterocycles. The molecule has 0 saturated carbocycles. The molecule has 1 amide bonds. The van der Waals surface area contributed by atoms with Crippen molar-refractivity contribution in [2.45, 2.75) is 65.0 Å². The maximum Gasteiger partial charge on any atom is 0.224 e. The Hall–Kier alpha value is -0.130. The molecule has 0 aromatic heterocycles. The molecular weight excluding hydrogens is 353 g/mol. The zero-order valence-electron chi connectivity index (χ0n) is 12.3. The van der Waals surface area contributed by atoms with Crippen molar-refractivity contribution in [3.8, 4) is 0 Å². The van der Waals surface area contributed by atoms with Crippen molar-refractivity contribution in [3.05, 3.63) is 0 Å². The third-order valence-electron chi connectivity index (χ3n) is 4.54. The van der Waals surface area contributed by atoms with Gasteiger partial charge in [-0.15, -0.1) is 0 Å². The van der Waals surface area contributed by atoms with Crippen LogP contribution in [0.25, 0.3) is 0 Å². The van der Waals surface area contributed by atoms with E-state index < -0.39 is 11.0 Å². The molecule has 0 spiro atoms. The standard InChI is InChI=1S/C15H24INO2/c1-10(2)7-15-6-5-11(9-16)17(15)12(18)8-14(3,4)13(15)19/h10-11H,5-9H2,1-4H3/t11-,15-/m0/s1. The van der Waals surface area contributed by atoms with E-state index in [9.17, 15) is 9.59 Å². The Bertz CT molecular complexity index is 405. The second kappa shape index (κ2) is 5.01. The number of carbonyl (C=O) groups is 2. The van der Waals surface area contributed by atoms with Gasteiger partial charge in [-0.2, -0.15) is 0 Å². The van der Waals surface area contributed by atoms with Crippen LogP contribution in [-0.2, 0) is 9.59 Å². The molecule has 0 unspecified atom stereocenters. The quantitative estimate of drug-likeness (QED) is 0.560. The number of fused-ring (bicyclic) bond motifs is 1. The molecule has 0 radical (unpaired) electrons. The summed E-state index contributed by atoms with van der Waals surface area (Å²) < 4.78 is 0.928. The van der Waals surface area contributed by atoms with E-state index in [1.807, 2.05) is 18.7 Å². The van der Waals surface area contributed by atoms with Crippen LogP contribution in [0.1, 0.15) is 53.4 Å². The molecule has 19 heavy (non-hydrogen) atoms. The van der Waals surface area contributed by atoms with E-state index in [1.165, 1.54) is 0 Å². The van der Waals surface area contributed by atoms with Crippen LogP contribution in [0.15, 0.2) is 0 Å². The fourth-order valence-corrected chi connectivity index (χ4v) is 4.79. The van der Waals surface area contributed by atoms with Crippen molar-refractivity contribution >= 4 is 34.3 Å². The Labute approximate surface area is 129 Å². The topological polar surface area (TPSA) is 37.4 Å². The van der Waals surface area contributed by atoms with E-state index >= 15 is 0 Å². The van der Waals surface area contributed by atoms with E-state index in [4.69, 9.17) is 0 Å². The van der Waals surface area contributed by atoms with Gasteiger partial charge in [0, 0.05) is 22.3 Å². The number of hydrogen-bond donors (Lipinski definition) is 0. The fraction of sp³-hybridized carbons (Fsp3) is 0.867. The molecule has 0 aromatic carbocycles. The number of ketones is 1. The number of carbonyl (C=O) groups excluding carboxylic acids is 2. The minimum atomic E-state index is -0.511. The lowest BCUT2D eigenvalue weighted by Gasteiger charge is -2.49. The summed E-state index contributed by atoms with van der Waals surface area (Å²) in [4.78, 5) is 27.5. The first-order valence-electron chi connectivity index (χ1n) is 7.17. The summed E-state index contributed by atoms with van der Waals surface area (Å²) in [6.07, 6.45) is 3.02. The van der Waals surface area contributed by atoms with E-state index in [0.717, 1.165) is 23.7 Å². The van der Waals surface area contributed by atoms with Crippen molar-refractivity contribution in [2.24, 2.45) is 11.3 Å². The van der Waals surface area contributed by atoms with Crippen molar-refractivity contribution in [3.63, 3.8) is 0 Å². The molecule has 0 aliphatic carbocycles. The lowest BCUT2D eigenvalue weighted by atomic mass is 9.67. The normalized spacial score (nSPS) is 34.0. The minimum Gasteiger partial charge on any atom is -0.326 e. The van der Waals surface area contributed by atoms with Crippen molar-refractivity contribution in [1.82, 2.24) is 4.90 Å². The van der Waals surface area contributed by atoms with Crippen LogP contribution in [-0.4, -0.2) is 32.6 Å². The lowest BCUT2D eigenvalue weighted by Crippen LogP contribution is -2.64. The van der Waals surface area contributed by atoms with Gasteiger partial charge in [-0.1, -0.05) is 50.3 Å². The van der Waals surface area contributed by atoms with Gasteiger partial charge in [0.2, 0.25) is 5.91 Å². The molecule has 0 bridgehead atoms. The van der Waals surface area contributed by atoms with Gasteiger partial charge in [-0.05, 0) is 25.2 Å². The predicted octanol–water partition coefficient (Wildman–Crippen LogP) is 3.20. The number of hydrogen-bond acceptors (Lipinski definition) is 2. The molecule has 0 N–H and O–H groups in total. The number of nitrogens with zero attached hydrogens (tertiary/aromatic N) is 1. The van der Waals surface area contributed by atoms with Crippen LogP contribution in [0.3, 0.4) is 0 Å². The number of halogens is 1. The Balaban J connectivity index is 2.46. The van der Waals surface area contributed by atoms with Gasteiger partial charge in [0.25, 0.3) is 0 Å². The summed E-state index contributed by atoms with van der Waals surface area (Å²) in [7, 11) is 0. The number of Topliss-reactive ketones (excluding diaryl/α,β-unsaturated/α-hetero) is 1. The molecule has 3 nitrogen and oxygen atoms in total. The molecule has 4 heteroatoms. The van der Waals surface area contributed by atoms with Gasteiger partial charge in [-0.3, -0.25) is 9.59 Å². The van der Waals surface area contributed by atoms with Crippen LogP contribution in [0.2, 0.25) is 0 Å². The van der Waals surface area contributed by atoms with Crippen LogP contribution in [0.5, 0.6) is 0 Å². The zero-order valence-corrected chi connectivity index (χ0v) is 14.5. The largest absolute Gasteiger partial charge is 0.326 e. The zero-order chi connectivity index (χ0) is 14.4.